The number of rotatable bonds is 4. The summed E-state index contributed by atoms with van der Waals surface area (Å²) in [5, 5.41) is 1.08. The van der Waals surface area contributed by atoms with Gasteiger partial charge in [0.1, 0.15) is 0 Å². The van der Waals surface area contributed by atoms with Crippen molar-refractivity contribution in [1.82, 2.24) is 4.90 Å². The van der Waals surface area contributed by atoms with Crippen LogP contribution in [-0.2, 0) is 6.42 Å². The van der Waals surface area contributed by atoms with E-state index in [0.29, 0.717) is 22.5 Å². The Kier molecular flexibility index (Phi) is 4.92. The van der Waals surface area contributed by atoms with Crippen LogP contribution in [0, 0.1) is 0 Å². The maximum absolute atomic E-state index is 6.08. The first-order valence-corrected chi connectivity index (χ1v) is 8.23. The molecule has 0 saturated carbocycles. The van der Waals surface area contributed by atoms with Crippen LogP contribution in [0.15, 0.2) is 58.5 Å². The molecule has 0 aliphatic carbocycles. The number of halogens is 2. The van der Waals surface area contributed by atoms with Gasteiger partial charge >= 0.3 is 0 Å². The highest BCUT2D eigenvalue weighted by Crippen LogP contribution is 2.26. The fraction of sp³-hybridized carbons (Fsp3) is 0.176. The predicted molar refractivity (Wildman–Crippen MR) is 99.3 cm³/mol. The van der Waals surface area contributed by atoms with Crippen molar-refractivity contribution in [1.29, 1.82) is 0 Å². The zero-order valence-corrected chi connectivity index (χ0v) is 14.4. The van der Waals surface area contributed by atoms with Crippen LogP contribution in [0.25, 0.3) is 0 Å². The van der Waals surface area contributed by atoms with E-state index < -0.39 is 0 Å². The molecule has 0 radical (unpaired) electrons. The summed E-state index contributed by atoms with van der Waals surface area (Å²) in [6.07, 6.45) is 0.442. The van der Waals surface area contributed by atoms with Gasteiger partial charge in [0.15, 0.2) is 6.17 Å². The average molecular weight is 362 g/mol. The largest absolute Gasteiger partial charge is 0.369 e. The second-order valence-corrected chi connectivity index (χ2v) is 6.25. The molecule has 2 aromatic carbocycles. The monoisotopic (exact) mass is 361 g/mol. The van der Waals surface area contributed by atoms with Crippen molar-refractivity contribution in [2.24, 2.45) is 21.5 Å². The second-order valence-electron chi connectivity index (χ2n) is 5.43. The first-order valence-electron chi connectivity index (χ1n) is 7.47. The molecule has 24 heavy (non-hydrogen) atoms. The Morgan fingerprint density at radius 2 is 1.75 bits per heavy atom. The highest BCUT2D eigenvalue weighted by atomic mass is 35.5. The summed E-state index contributed by atoms with van der Waals surface area (Å²) in [5.41, 5.74) is 13.9. The van der Waals surface area contributed by atoms with Gasteiger partial charge in [-0.05, 0) is 29.7 Å². The second kappa shape index (κ2) is 7.11. The summed E-state index contributed by atoms with van der Waals surface area (Å²) in [7, 11) is 0. The molecule has 0 fully saturated rings. The van der Waals surface area contributed by atoms with Gasteiger partial charge < -0.3 is 16.4 Å². The van der Waals surface area contributed by atoms with Crippen LogP contribution in [-0.4, -0.2) is 23.4 Å². The molecule has 124 valence electrons. The van der Waals surface area contributed by atoms with Crippen LogP contribution in [0.5, 0.6) is 0 Å². The Morgan fingerprint density at radius 3 is 2.46 bits per heavy atom. The minimum atomic E-state index is -0.286. The van der Waals surface area contributed by atoms with Crippen molar-refractivity contribution in [2.75, 3.05) is 6.54 Å². The number of aliphatic imine (C=N–C) groups is 2. The summed E-state index contributed by atoms with van der Waals surface area (Å²) in [6.45, 7) is 0.629. The van der Waals surface area contributed by atoms with Gasteiger partial charge in [0.05, 0.1) is 10.0 Å². The molecule has 1 aliphatic rings. The normalized spacial score (nSPS) is 17.4. The Morgan fingerprint density at radius 1 is 1.00 bits per heavy atom. The Hall–Kier alpha value is -2.24. The molecule has 1 aliphatic heterocycles. The average Bonchev–Trinajstić information content (AvgIpc) is 2.57. The summed E-state index contributed by atoms with van der Waals surface area (Å²) in [4.78, 5) is 10.4. The van der Waals surface area contributed by atoms with Crippen molar-refractivity contribution in [3.8, 4) is 0 Å². The molecule has 2 aromatic rings. The van der Waals surface area contributed by atoms with Crippen LogP contribution in [0.2, 0.25) is 10.0 Å². The lowest BCUT2D eigenvalue weighted by Gasteiger charge is -2.32. The smallest absolute Gasteiger partial charge is 0.220 e. The molecule has 0 saturated heterocycles. The molecule has 0 spiro atoms. The highest BCUT2D eigenvalue weighted by Gasteiger charge is 2.25. The van der Waals surface area contributed by atoms with E-state index in [2.05, 4.69) is 9.98 Å². The number of benzene rings is 2. The Labute approximate surface area is 150 Å². The van der Waals surface area contributed by atoms with E-state index in [1.807, 2.05) is 47.4 Å². The van der Waals surface area contributed by atoms with E-state index >= 15 is 0 Å². The molecule has 0 bridgehead atoms. The summed E-state index contributed by atoms with van der Waals surface area (Å²) in [6, 6.07) is 15.4. The molecule has 5 nitrogen and oxygen atoms in total. The SMILES string of the molecule is NC1=NC(c2ccccc2)N(CCc2ccc(Cl)c(Cl)c2)C(N)=N1. The minimum Gasteiger partial charge on any atom is -0.369 e. The van der Waals surface area contributed by atoms with Crippen LogP contribution in [0.1, 0.15) is 17.3 Å². The van der Waals surface area contributed by atoms with E-state index in [1.165, 1.54) is 0 Å². The van der Waals surface area contributed by atoms with Gasteiger partial charge in [0, 0.05) is 6.54 Å². The molecule has 7 heteroatoms. The zero-order valence-electron chi connectivity index (χ0n) is 12.9. The third kappa shape index (κ3) is 3.63. The van der Waals surface area contributed by atoms with Crippen molar-refractivity contribution < 1.29 is 0 Å². The molecule has 0 amide bonds. The third-order valence-corrected chi connectivity index (χ3v) is 4.54. The molecule has 0 aromatic heterocycles. The molecule has 4 N–H and O–H groups in total. The van der Waals surface area contributed by atoms with Gasteiger partial charge in [-0.2, -0.15) is 4.99 Å². The van der Waals surface area contributed by atoms with Crippen molar-refractivity contribution >= 4 is 35.1 Å². The first kappa shape index (κ1) is 16.6. The number of hydrogen-bond acceptors (Lipinski definition) is 5. The maximum atomic E-state index is 6.08. The molecule has 1 unspecified atom stereocenters. The third-order valence-electron chi connectivity index (χ3n) is 3.80. The molecule has 3 rings (SSSR count). The Bertz CT molecular complexity index is 789. The predicted octanol–water partition coefficient (Wildman–Crippen LogP) is 3.18. The van der Waals surface area contributed by atoms with Crippen LogP contribution >= 0.6 is 23.2 Å². The fourth-order valence-electron chi connectivity index (χ4n) is 2.59. The standard InChI is InChI=1S/C17H17Cl2N5/c18-13-7-6-11(10-14(13)19)8-9-24-15(12-4-2-1-3-5-12)22-16(20)23-17(24)21/h1-7,10,15H,8-9H2,(H4,20,21,22,23). The van der Waals surface area contributed by atoms with Gasteiger partial charge in [-0.3, -0.25) is 0 Å². The van der Waals surface area contributed by atoms with Gasteiger partial charge in [-0.25, -0.2) is 4.99 Å². The lowest BCUT2D eigenvalue weighted by Crippen LogP contribution is -2.45. The van der Waals surface area contributed by atoms with E-state index in [-0.39, 0.29) is 12.1 Å². The van der Waals surface area contributed by atoms with Crippen molar-refractivity contribution in [3.05, 3.63) is 69.7 Å². The number of nitrogens with zero attached hydrogens (tertiary/aromatic N) is 3. The number of hydrogen-bond donors (Lipinski definition) is 2. The van der Waals surface area contributed by atoms with Crippen LogP contribution in [0.4, 0.5) is 0 Å². The van der Waals surface area contributed by atoms with Crippen molar-refractivity contribution in [3.63, 3.8) is 0 Å². The molecule has 1 atom stereocenters. The van der Waals surface area contributed by atoms with E-state index in [4.69, 9.17) is 34.7 Å². The van der Waals surface area contributed by atoms with Gasteiger partial charge in [0.25, 0.3) is 0 Å². The number of guanidine groups is 2. The fourth-order valence-corrected chi connectivity index (χ4v) is 2.91. The topological polar surface area (TPSA) is 80.0 Å². The maximum Gasteiger partial charge on any atom is 0.220 e. The molecular formula is C17H17Cl2N5. The van der Waals surface area contributed by atoms with Gasteiger partial charge in [0.2, 0.25) is 11.9 Å². The lowest BCUT2D eigenvalue weighted by molar-refractivity contribution is 0.319. The van der Waals surface area contributed by atoms with E-state index in [9.17, 15) is 0 Å². The summed E-state index contributed by atoms with van der Waals surface area (Å²) in [5.74, 6) is 0.545. The van der Waals surface area contributed by atoms with E-state index in [1.54, 1.807) is 6.07 Å². The minimum absolute atomic E-state index is 0.187. The number of nitrogens with two attached hydrogens (primary N) is 2. The quantitative estimate of drug-likeness (QED) is 0.877. The van der Waals surface area contributed by atoms with Crippen molar-refractivity contribution in [2.45, 2.75) is 12.6 Å². The van der Waals surface area contributed by atoms with E-state index in [0.717, 1.165) is 17.5 Å². The zero-order chi connectivity index (χ0) is 17.1. The van der Waals surface area contributed by atoms with Gasteiger partial charge in [-0.15, -0.1) is 0 Å². The van der Waals surface area contributed by atoms with Crippen LogP contribution < -0.4 is 11.5 Å². The molecule has 1 heterocycles. The summed E-state index contributed by atoms with van der Waals surface area (Å²) >= 11 is 12.0. The van der Waals surface area contributed by atoms with Crippen LogP contribution in [0.3, 0.4) is 0 Å². The molecular weight excluding hydrogens is 345 g/mol. The van der Waals surface area contributed by atoms with Gasteiger partial charge in [-0.1, -0.05) is 59.6 Å². The first-order chi connectivity index (χ1) is 11.5. The lowest BCUT2D eigenvalue weighted by atomic mass is 10.1. The summed E-state index contributed by atoms with van der Waals surface area (Å²) < 4.78 is 0. The highest BCUT2D eigenvalue weighted by molar-refractivity contribution is 6.42. The Balaban J connectivity index is 1.81.